The van der Waals surface area contributed by atoms with Crippen molar-refractivity contribution in [3.63, 3.8) is 0 Å². The van der Waals surface area contributed by atoms with Crippen LogP contribution in [-0.4, -0.2) is 4.89 Å². The molecule has 0 amide bonds. The molecule has 0 aliphatic rings. The van der Waals surface area contributed by atoms with E-state index in [2.05, 4.69) is 41.5 Å². The maximum atomic E-state index is 12.3. The van der Waals surface area contributed by atoms with Gasteiger partial charge in [0, 0.05) is 0 Å². The molecule has 1 N–H and O–H groups in total. The maximum Gasteiger partial charge on any atom is 0.584 e. The maximum absolute atomic E-state index is 12.3. The number of phosphoric acid groups is 1. The van der Waals surface area contributed by atoms with Gasteiger partial charge in [-0.1, -0.05) is 65.8 Å². The Kier molecular flexibility index (Phi) is 6.44. The Morgan fingerprint density at radius 2 is 1.04 bits per heavy atom. The van der Waals surface area contributed by atoms with E-state index in [1.165, 1.54) is 0 Å². The van der Waals surface area contributed by atoms with Gasteiger partial charge >= 0.3 is 7.82 Å². The molecule has 0 fully saturated rings. The third-order valence-corrected chi connectivity index (χ3v) is 6.36. The Hall–Kier alpha value is -1.77. The number of hydrogen-bond donors (Lipinski definition) is 1. The second kappa shape index (κ2) is 8.08. The fraction of sp³-hybridized carbons (Fsp3) is 0.455. The highest BCUT2D eigenvalue weighted by Crippen LogP contribution is 2.45. The third kappa shape index (κ3) is 5.60. The Morgan fingerprint density at radius 3 is 1.30 bits per heavy atom. The van der Waals surface area contributed by atoms with Gasteiger partial charge in [-0.05, 0) is 59.1 Å². The molecule has 0 unspecified atom stereocenters. The first-order valence-corrected chi connectivity index (χ1v) is 10.9. The van der Waals surface area contributed by atoms with E-state index < -0.39 is 7.82 Å². The largest absolute Gasteiger partial charge is 0.584 e. The highest BCUT2D eigenvalue weighted by atomic mass is 31.2. The van der Waals surface area contributed by atoms with E-state index in [0.717, 1.165) is 24.0 Å². The molecule has 2 aromatic carbocycles. The molecule has 0 aromatic heterocycles. The minimum absolute atomic E-state index is 0.0476. The number of phosphoric ester groups is 1. The molecule has 2 rings (SSSR count). The summed E-state index contributed by atoms with van der Waals surface area (Å²) in [5, 5.41) is 0. The van der Waals surface area contributed by atoms with Crippen molar-refractivity contribution in [2.45, 2.75) is 65.2 Å². The Labute approximate surface area is 163 Å². The third-order valence-electron chi connectivity index (χ3n) is 5.48. The second-order valence-electron chi connectivity index (χ2n) is 8.17. The van der Waals surface area contributed by atoms with Crippen molar-refractivity contribution in [3.8, 4) is 11.5 Å². The Bertz CT molecular complexity index is 727. The average molecular weight is 390 g/mol. The lowest BCUT2D eigenvalue weighted by molar-refractivity contribution is 0.291. The predicted octanol–water partition coefficient (Wildman–Crippen LogP) is 6.62. The topological polar surface area (TPSA) is 55.8 Å². The molecule has 27 heavy (non-hydrogen) atoms. The van der Waals surface area contributed by atoms with Crippen molar-refractivity contribution < 1.29 is 18.5 Å². The van der Waals surface area contributed by atoms with E-state index in [9.17, 15) is 9.46 Å². The van der Waals surface area contributed by atoms with Gasteiger partial charge in [0.1, 0.15) is 11.5 Å². The van der Waals surface area contributed by atoms with Gasteiger partial charge in [0.05, 0.1) is 0 Å². The van der Waals surface area contributed by atoms with Gasteiger partial charge in [0.2, 0.25) is 0 Å². The van der Waals surface area contributed by atoms with Gasteiger partial charge in [-0.3, -0.25) is 4.89 Å². The minimum atomic E-state index is -4.26. The monoisotopic (exact) mass is 390 g/mol. The van der Waals surface area contributed by atoms with Crippen molar-refractivity contribution in [3.05, 3.63) is 59.7 Å². The van der Waals surface area contributed by atoms with E-state index in [-0.39, 0.29) is 10.8 Å². The van der Waals surface area contributed by atoms with Crippen molar-refractivity contribution >= 4 is 7.82 Å². The lowest BCUT2D eigenvalue weighted by Gasteiger charge is -2.24. The fourth-order valence-electron chi connectivity index (χ4n) is 2.63. The van der Waals surface area contributed by atoms with Crippen molar-refractivity contribution in [2.24, 2.45) is 0 Å². The number of benzene rings is 2. The van der Waals surface area contributed by atoms with Crippen LogP contribution in [0.25, 0.3) is 0 Å². The molecule has 0 saturated heterocycles. The smallest absolute Gasteiger partial charge is 0.395 e. The van der Waals surface area contributed by atoms with Gasteiger partial charge < -0.3 is 9.05 Å². The molecule has 0 aliphatic carbocycles. The molecule has 4 nitrogen and oxygen atoms in total. The molecule has 0 heterocycles. The molecule has 5 heteroatoms. The van der Waals surface area contributed by atoms with E-state index in [1.807, 2.05) is 24.3 Å². The summed E-state index contributed by atoms with van der Waals surface area (Å²) in [5.41, 5.74) is 2.40. The van der Waals surface area contributed by atoms with E-state index in [4.69, 9.17) is 9.05 Å². The number of rotatable bonds is 8. The quantitative estimate of drug-likeness (QED) is 0.515. The van der Waals surface area contributed by atoms with Gasteiger partial charge in [-0.25, -0.2) is 4.57 Å². The second-order valence-corrected chi connectivity index (χ2v) is 9.48. The molecule has 2 aromatic rings. The lowest BCUT2D eigenvalue weighted by atomic mass is 9.82. The van der Waals surface area contributed by atoms with Crippen LogP contribution < -0.4 is 9.05 Å². The van der Waals surface area contributed by atoms with E-state index in [0.29, 0.717) is 11.5 Å². The van der Waals surface area contributed by atoms with E-state index >= 15 is 0 Å². The normalized spacial score (nSPS) is 12.7. The van der Waals surface area contributed by atoms with Crippen LogP contribution in [0.1, 0.15) is 65.5 Å². The van der Waals surface area contributed by atoms with Crippen LogP contribution in [0.3, 0.4) is 0 Å². The molecule has 0 bridgehead atoms. The van der Waals surface area contributed by atoms with Crippen molar-refractivity contribution in [2.75, 3.05) is 0 Å². The summed E-state index contributed by atoms with van der Waals surface area (Å²) in [7, 11) is -4.26. The van der Waals surface area contributed by atoms with Crippen LogP contribution in [0.4, 0.5) is 0 Å². The SMILES string of the molecule is CCC(C)(C)c1ccc(OP(=O)(O)Oc2ccc(C(C)(C)CC)cc2)cc1. The number of hydrogen-bond acceptors (Lipinski definition) is 3. The van der Waals surface area contributed by atoms with Crippen LogP contribution in [0.15, 0.2) is 48.5 Å². The van der Waals surface area contributed by atoms with Crippen molar-refractivity contribution in [1.82, 2.24) is 0 Å². The molecular formula is C22H31O4P. The molecule has 0 saturated carbocycles. The molecule has 0 spiro atoms. The van der Waals surface area contributed by atoms with Gasteiger partial charge in [0.15, 0.2) is 0 Å². The van der Waals surface area contributed by atoms with Crippen LogP contribution in [0.2, 0.25) is 0 Å². The summed E-state index contributed by atoms with van der Waals surface area (Å²) >= 11 is 0. The molecular weight excluding hydrogens is 359 g/mol. The van der Waals surface area contributed by atoms with Crippen LogP contribution in [0, 0.1) is 0 Å². The van der Waals surface area contributed by atoms with Gasteiger partial charge in [-0.2, -0.15) is 0 Å². The predicted molar refractivity (Wildman–Crippen MR) is 111 cm³/mol. The van der Waals surface area contributed by atoms with Crippen molar-refractivity contribution in [1.29, 1.82) is 0 Å². The zero-order valence-corrected chi connectivity index (χ0v) is 18.0. The first-order valence-electron chi connectivity index (χ1n) is 9.42. The summed E-state index contributed by atoms with van der Waals surface area (Å²) in [4.78, 5) is 10.1. The fourth-order valence-corrected chi connectivity index (χ4v) is 3.44. The van der Waals surface area contributed by atoms with Gasteiger partial charge in [-0.15, -0.1) is 0 Å². The lowest BCUT2D eigenvalue weighted by Crippen LogP contribution is -2.15. The molecule has 0 atom stereocenters. The summed E-state index contributed by atoms with van der Waals surface area (Å²) in [5.74, 6) is 0.612. The molecule has 0 aliphatic heterocycles. The summed E-state index contributed by atoms with van der Waals surface area (Å²) in [6.45, 7) is 12.9. The minimum Gasteiger partial charge on any atom is -0.395 e. The first-order chi connectivity index (χ1) is 12.5. The summed E-state index contributed by atoms with van der Waals surface area (Å²) < 4.78 is 22.8. The molecule has 148 valence electrons. The molecule has 0 radical (unpaired) electrons. The van der Waals surface area contributed by atoms with E-state index in [1.54, 1.807) is 24.3 Å². The summed E-state index contributed by atoms with van der Waals surface area (Å²) in [6, 6.07) is 14.5. The Balaban J connectivity index is 2.08. The Morgan fingerprint density at radius 1 is 0.741 bits per heavy atom. The summed E-state index contributed by atoms with van der Waals surface area (Å²) in [6.07, 6.45) is 2.00. The van der Waals surface area contributed by atoms with Crippen LogP contribution in [0.5, 0.6) is 11.5 Å². The van der Waals surface area contributed by atoms with Crippen LogP contribution >= 0.6 is 7.82 Å². The average Bonchev–Trinajstić information content (AvgIpc) is 2.62. The zero-order valence-electron chi connectivity index (χ0n) is 17.2. The zero-order chi connectivity index (χ0) is 20.3. The highest BCUT2D eigenvalue weighted by Gasteiger charge is 2.26. The van der Waals surface area contributed by atoms with Crippen LogP contribution in [-0.2, 0) is 15.4 Å². The highest BCUT2D eigenvalue weighted by molar-refractivity contribution is 7.48. The van der Waals surface area contributed by atoms with Gasteiger partial charge in [0.25, 0.3) is 0 Å². The first kappa shape index (κ1) is 21.5. The standard InChI is InChI=1S/C22H31O4P/c1-7-21(3,4)17-9-13-19(14-10-17)25-27(23,24)26-20-15-11-18(12-16-20)22(5,6)8-2/h9-16H,7-8H2,1-6H3,(H,23,24).